The summed E-state index contributed by atoms with van der Waals surface area (Å²) in [5.74, 6) is 0.0146. The number of nitrogens with zero attached hydrogens (tertiary/aromatic N) is 5. The third kappa shape index (κ3) is 3.65. The van der Waals surface area contributed by atoms with Gasteiger partial charge in [0.05, 0.1) is 17.8 Å². The topological polar surface area (TPSA) is 87.1 Å². The van der Waals surface area contributed by atoms with Crippen LogP contribution in [0, 0.1) is 6.92 Å². The first kappa shape index (κ1) is 18.6. The van der Waals surface area contributed by atoms with Crippen molar-refractivity contribution in [2.24, 2.45) is 0 Å². The quantitative estimate of drug-likeness (QED) is 0.698. The summed E-state index contributed by atoms with van der Waals surface area (Å²) in [7, 11) is 0. The van der Waals surface area contributed by atoms with Crippen LogP contribution in [0.4, 0.5) is 0 Å². The molecule has 8 heteroatoms. The maximum absolute atomic E-state index is 13.0. The highest BCUT2D eigenvalue weighted by Gasteiger charge is 2.29. The fourth-order valence-corrected chi connectivity index (χ4v) is 3.91. The van der Waals surface area contributed by atoms with Crippen LogP contribution in [-0.2, 0) is 6.54 Å². The summed E-state index contributed by atoms with van der Waals surface area (Å²) < 4.78 is 6.73. The summed E-state index contributed by atoms with van der Waals surface area (Å²) in [4.78, 5) is 17.1. The van der Waals surface area contributed by atoms with Crippen molar-refractivity contribution < 1.29 is 14.4 Å². The Labute approximate surface area is 163 Å². The summed E-state index contributed by atoms with van der Waals surface area (Å²) in [5, 5.41) is 17.7. The number of rotatable bonds is 6. The Kier molecular flexibility index (Phi) is 5.40. The standard InChI is InChI=1S/C20H25N5O3/c1-15-16(14-28-22-15)13-24(11-12-26)17-6-9-23(10-7-17)20(27)19-5-4-18-3-2-8-21-25(18)19/h2-5,8,14,17,26H,6-7,9-13H2,1H3. The molecule has 0 unspecified atom stereocenters. The molecule has 0 radical (unpaired) electrons. The molecule has 8 nitrogen and oxygen atoms in total. The second kappa shape index (κ2) is 8.12. The normalized spacial score (nSPS) is 15.6. The van der Waals surface area contributed by atoms with Crippen molar-refractivity contribution in [1.82, 2.24) is 24.6 Å². The Morgan fingerprint density at radius 2 is 2.14 bits per heavy atom. The van der Waals surface area contributed by atoms with Crippen molar-refractivity contribution >= 4 is 11.4 Å². The van der Waals surface area contributed by atoms with Gasteiger partial charge in [0.25, 0.3) is 5.91 Å². The summed E-state index contributed by atoms with van der Waals surface area (Å²) in [6, 6.07) is 7.87. The Bertz CT molecular complexity index is 942. The van der Waals surface area contributed by atoms with Crippen LogP contribution < -0.4 is 0 Å². The third-order valence-electron chi connectivity index (χ3n) is 5.52. The summed E-state index contributed by atoms with van der Waals surface area (Å²) in [5.41, 5.74) is 3.43. The van der Waals surface area contributed by atoms with E-state index in [1.165, 1.54) is 0 Å². The minimum atomic E-state index is 0.0146. The zero-order valence-electron chi connectivity index (χ0n) is 16.0. The molecule has 0 aromatic carbocycles. The Morgan fingerprint density at radius 3 is 2.86 bits per heavy atom. The zero-order chi connectivity index (χ0) is 19.5. The number of carbonyl (C=O) groups excluding carboxylic acids is 1. The van der Waals surface area contributed by atoms with E-state index in [0.717, 1.165) is 29.6 Å². The number of hydrogen-bond donors (Lipinski definition) is 1. The van der Waals surface area contributed by atoms with Gasteiger partial charge in [0.2, 0.25) is 0 Å². The number of piperidine rings is 1. The van der Waals surface area contributed by atoms with Crippen molar-refractivity contribution in [1.29, 1.82) is 0 Å². The van der Waals surface area contributed by atoms with Crippen molar-refractivity contribution in [3.8, 4) is 0 Å². The Balaban J connectivity index is 1.41. The number of aliphatic hydroxyl groups is 1. The lowest BCUT2D eigenvalue weighted by Gasteiger charge is -2.38. The van der Waals surface area contributed by atoms with Gasteiger partial charge in [0.15, 0.2) is 0 Å². The van der Waals surface area contributed by atoms with Crippen LogP contribution in [0.25, 0.3) is 5.52 Å². The summed E-state index contributed by atoms with van der Waals surface area (Å²) in [6.45, 7) is 4.69. The van der Waals surface area contributed by atoms with Crippen LogP contribution in [-0.4, -0.2) is 67.9 Å². The first-order valence-electron chi connectivity index (χ1n) is 9.64. The lowest BCUT2D eigenvalue weighted by Crippen LogP contribution is -2.47. The van der Waals surface area contributed by atoms with Crippen LogP contribution in [0.3, 0.4) is 0 Å². The molecule has 0 saturated carbocycles. The van der Waals surface area contributed by atoms with E-state index >= 15 is 0 Å². The molecule has 0 atom stereocenters. The minimum absolute atomic E-state index is 0.0146. The van der Waals surface area contributed by atoms with Crippen LogP contribution in [0.15, 0.2) is 41.2 Å². The number of fused-ring (bicyclic) bond motifs is 1. The van der Waals surface area contributed by atoms with Gasteiger partial charge in [0.1, 0.15) is 12.0 Å². The smallest absolute Gasteiger partial charge is 0.272 e. The molecule has 3 aromatic heterocycles. The van der Waals surface area contributed by atoms with Gasteiger partial charge in [-0.25, -0.2) is 4.52 Å². The molecule has 1 aliphatic rings. The molecule has 1 fully saturated rings. The maximum atomic E-state index is 13.0. The predicted octanol–water partition coefficient (Wildman–Crippen LogP) is 1.73. The molecular weight excluding hydrogens is 358 g/mol. The van der Waals surface area contributed by atoms with Gasteiger partial charge in [-0.2, -0.15) is 5.10 Å². The van der Waals surface area contributed by atoms with E-state index in [1.807, 2.05) is 36.1 Å². The zero-order valence-corrected chi connectivity index (χ0v) is 16.0. The van der Waals surface area contributed by atoms with E-state index in [2.05, 4.69) is 15.2 Å². The first-order valence-corrected chi connectivity index (χ1v) is 9.64. The number of aromatic nitrogens is 3. The lowest BCUT2D eigenvalue weighted by atomic mass is 10.0. The van der Waals surface area contributed by atoms with E-state index < -0.39 is 0 Å². The fourth-order valence-electron chi connectivity index (χ4n) is 3.91. The SMILES string of the molecule is Cc1nocc1CN(CCO)C1CCN(C(=O)c2ccc3cccnn23)CC1. The van der Waals surface area contributed by atoms with E-state index in [-0.39, 0.29) is 12.5 Å². The predicted molar refractivity (Wildman–Crippen MR) is 103 cm³/mol. The average Bonchev–Trinajstić information content (AvgIpc) is 3.33. The van der Waals surface area contributed by atoms with Crippen molar-refractivity contribution in [2.75, 3.05) is 26.2 Å². The number of likely N-dealkylation sites (tertiary alicyclic amines) is 1. The second-order valence-corrected chi connectivity index (χ2v) is 7.22. The molecule has 0 spiro atoms. The molecule has 1 N–H and O–H groups in total. The van der Waals surface area contributed by atoms with Gasteiger partial charge < -0.3 is 14.5 Å². The van der Waals surface area contributed by atoms with Crippen molar-refractivity contribution in [3.63, 3.8) is 0 Å². The van der Waals surface area contributed by atoms with Gasteiger partial charge in [-0.3, -0.25) is 9.69 Å². The fraction of sp³-hybridized carbons (Fsp3) is 0.450. The molecule has 28 heavy (non-hydrogen) atoms. The molecule has 4 heterocycles. The van der Waals surface area contributed by atoms with Crippen molar-refractivity contribution in [3.05, 3.63) is 53.7 Å². The number of aliphatic hydroxyl groups excluding tert-OH is 1. The number of hydrogen-bond acceptors (Lipinski definition) is 6. The van der Waals surface area contributed by atoms with Gasteiger partial charge in [-0.05, 0) is 44.0 Å². The Morgan fingerprint density at radius 1 is 1.32 bits per heavy atom. The van der Waals surface area contributed by atoms with E-state index in [0.29, 0.717) is 37.9 Å². The second-order valence-electron chi connectivity index (χ2n) is 7.22. The van der Waals surface area contributed by atoms with Gasteiger partial charge in [-0.15, -0.1) is 0 Å². The maximum Gasteiger partial charge on any atom is 0.272 e. The minimum Gasteiger partial charge on any atom is -0.395 e. The van der Waals surface area contributed by atoms with Crippen LogP contribution >= 0.6 is 0 Å². The molecule has 1 amide bonds. The van der Waals surface area contributed by atoms with Gasteiger partial charge in [0, 0.05) is 44.0 Å². The lowest BCUT2D eigenvalue weighted by molar-refractivity contribution is 0.0566. The highest BCUT2D eigenvalue weighted by atomic mass is 16.5. The number of aryl methyl sites for hydroxylation is 1. The van der Waals surface area contributed by atoms with Crippen molar-refractivity contribution in [2.45, 2.75) is 32.4 Å². The highest BCUT2D eigenvalue weighted by Crippen LogP contribution is 2.21. The van der Waals surface area contributed by atoms with Gasteiger partial charge >= 0.3 is 0 Å². The first-order chi connectivity index (χ1) is 13.7. The largest absolute Gasteiger partial charge is 0.395 e. The van der Waals surface area contributed by atoms with Crippen LogP contribution in [0.5, 0.6) is 0 Å². The highest BCUT2D eigenvalue weighted by molar-refractivity contribution is 5.93. The Hall–Kier alpha value is -2.71. The number of carbonyl (C=O) groups is 1. The molecule has 0 aliphatic carbocycles. The summed E-state index contributed by atoms with van der Waals surface area (Å²) in [6.07, 6.45) is 5.10. The van der Waals surface area contributed by atoms with Crippen LogP contribution in [0.1, 0.15) is 34.6 Å². The summed E-state index contributed by atoms with van der Waals surface area (Å²) >= 11 is 0. The average molecular weight is 383 g/mol. The third-order valence-corrected chi connectivity index (χ3v) is 5.52. The molecule has 1 saturated heterocycles. The molecule has 148 valence electrons. The molecule has 3 aromatic rings. The van der Waals surface area contributed by atoms with Gasteiger partial charge in [-0.1, -0.05) is 5.16 Å². The van der Waals surface area contributed by atoms with E-state index in [4.69, 9.17) is 4.52 Å². The molecule has 1 aliphatic heterocycles. The monoisotopic (exact) mass is 383 g/mol. The molecule has 0 bridgehead atoms. The molecule has 4 rings (SSSR count). The number of amides is 1. The molecular formula is C20H25N5O3. The van der Waals surface area contributed by atoms with Crippen LogP contribution in [0.2, 0.25) is 0 Å². The van der Waals surface area contributed by atoms with E-state index in [9.17, 15) is 9.90 Å². The van der Waals surface area contributed by atoms with E-state index in [1.54, 1.807) is 17.0 Å².